The van der Waals surface area contributed by atoms with Crippen molar-refractivity contribution in [2.24, 2.45) is 0 Å². The number of fused-ring (bicyclic) bond motifs is 15. The van der Waals surface area contributed by atoms with Gasteiger partial charge < -0.3 is 20.1 Å². The van der Waals surface area contributed by atoms with Crippen LogP contribution in [0.4, 0.5) is 0 Å². The van der Waals surface area contributed by atoms with Crippen molar-refractivity contribution < 1.29 is 20.1 Å². The summed E-state index contributed by atoms with van der Waals surface area (Å²) in [6, 6.07) is 8.42. The molecule has 2 aromatic carbocycles. The largest absolute Gasteiger partial charge is 0.508 e. The second kappa shape index (κ2) is 12.8. The molecule has 0 atom stereocenters. The molecule has 4 bridgehead atoms. The van der Waals surface area contributed by atoms with Gasteiger partial charge in [0.1, 0.15) is 11.5 Å². The Morgan fingerprint density at radius 2 is 1.12 bits per heavy atom. The summed E-state index contributed by atoms with van der Waals surface area (Å²) in [5.74, 6) is 0.378. The average Bonchev–Trinajstić information content (AvgIpc) is 2.75. The zero-order chi connectivity index (χ0) is 22.6. The molecule has 172 valence electrons. The Hall–Kier alpha value is -2.88. The normalized spacial score (nSPS) is 18.9. The number of phenolic OH excluding ortho intramolecular Hbond substituents is 3. The molecule has 0 spiro atoms. The molecular formula is C28H36O4. The van der Waals surface area contributed by atoms with E-state index in [0.29, 0.717) is 5.75 Å². The van der Waals surface area contributed by atoms with Gasteiger partial charge >= 0.3 is 0 Å². The molecule has 32 heavy (non-hydrogen) atoms. The van der Waals surface area contributed by atoms with E-state index in [9.17, 15) is 15.3 Å². The Morgan fingerprint density at radius 1 is 0.562 bits per heavy atom. The molecule has 0 radical (unpaired) electrons. The van der Waals surface area contributed by atoms with Crippen LogP contribution in [-0.2, 0) is 12.8 Å². The van der Waals surface area contributed by atoms with Crippen LogP contribution < -0.4 is 4.74 Å². The summed E-state index contributed by atoms with van der Waals surface area (Å²) in [5.41, 5.74) is 1.87. The van der Waals surface area contributed by atoms with Gasteiger partial charge in [0.05, 0.1) is 0 Å². The van der Waals surface area contributed by atoms with E-state index in [1.54, 1.807) is 18.2 Å². The number of hydrogen-bond acceptors (Lipinski definition) is 4. The Balaban J connectivity index is 1.71. The number of aromatic hydroxyl groups is 3. The van der Waals surface area contributed by atoms with E-state index in [-0.39, 0.29) is 23.0 Å². The highest BCUT2D eigenvalue weighted by Crippen LogP contribution is 2.41. The third-order valence-corrected chi connectivity index (χ3v) is 5.81. The van der Waals surface area contributed by atoms with Crippen molar-refractivity contribution in [2.45, 2.75) is 77.0 Å². The molecule has 0 saturated carbocycles. The predicted octanol–water partition coefficient (Wildman–Crippen LogP) is 7.71. The van der Waals surface area contributed by atoms with Crippen molar-refractivity contribution in [1.82, 2.24) is 0 Å². The Morgan fingerprint density at radius 3 is 1.78 bits per heavy atom. The van der Waals surface area contributed by atoms with Gasteiger partial charge in [-0.1, -0.05) is 43.6 Å². The number of aryl methyl sites for hydroxylation is 2. The van der Waals surface area contributed by atoms with Gasteiger partial charge in [0.2, 0.25) is 5.75 Å². The molecule has 4 rings (SSSR count). The Bertz CT molecular complexity index is 891. The zero-order valence-electron chi connectivity index (χ0n) is 18.9. The maximum absolute atomic E-state index is 10.4. The van der Waals surface area contributed by atoms with Gasteiger partial charge in [0, 0.05) is 6.07 Å². The molecule has 0 saturated heterocycles. The van der Waals surface area contributed by atoms with Crippen molar-refractivity contribution in [1.29, 1.82) is 0 Å². The quantitative estimate of drug-likeness (QED) is 0.370. The summed E-state index contributed by atoms with van der Waals surface area (Å²) in [4.78, 5) is 0. The van der Waals surface area contributed by atoms with E-state index in [2.05, 4.69) is 24.3 Å². The molecule has 2 aromatic rings. The van der Waals surface area contributed by atoms with Gasteiger partial charge in [0.15, 0.2) is 11.5 Å². The van der Waals surface area contributed by atoms with Crippen LogP contribution in [0.25, 0.3) is 0 Å². The van der Waals surface area contributed by atoms with Crippen molar-refractivity contribution >= 4 is 0 Å². The van der Waals surface area contributed by atoms with Gasteiger partial charge in [-0.25, -0.2) is 0 Å². The second-order valence-corrected chi connectivity index (χ2v) is 8.63. The summed E-state index contributed by atoms with van der Waals surface area (Å²) in [6.45, 7) is 0. The molecular weight excluding hydrogens is 400 g/mol. The summed E-state index contributed by atoms with van der Waals surface area (Å²) >= 11 is 0. The molecule has 0 fully saturated rings. The number of benzene rings is 2. The first-order valence-corrected chi connectivity index (χ1v) is 12.0. The molecule has 2 aliphatic heterocycles. The van der Waals surface area contributed by atoms with Crippen molar-refractivity contribution in [3.8, 4) is 28.7 Å². The van der Waals surface area contributed by atoms with E-state index in [1.165, 1.54) is 18.9 Å². The van der Waals surface area contributed by atoms with Gasteiger partial charge in [-0.2, -0.15) is 0 Å². The number of rotatable bonds is 0. The van der Waals surface area contributed by atoms with E-state index >= 15 is 0 Å². The van der Waals surface area contributed by atoms with E-state index in [1.807, 2.05) is 6.07 Å². The lowest BCUT2D eigenvalue weighted by Crippen LogP contribution is -1.92. The molecule has 4 nitrogen and oxygen atoms in total. The van der Waals surface area contributed by atoms with Crippen LogP contribution >= 0.6 is 0 Å². The minimum Gasteiger partial charge on any atom is -0.508 e. The highest BCUT2D eigenvalue weighted by atomic mass is 16.5. The molecule has 3 N–H and O–H groups in total. The van der Waals surface area contributed by atoms with Crippen LogP contribution in [-0.4, -0.2) is 15.3 Å². The van der Waals surface area contributed by atoms with Crippen LogP contribution in [0.1, 0.15) is 75.3 Å². The summed E-state index contributed by atoms with van der Waals surface area (Å²) < 4.78 is 5.78. The fourth-order valence-electron chi connectivity index (χ4n) is 4.09. The van der Waals surface area contributed by atoms with Crippen LogP contribution in [0.3, 0.4) is 0 Å². The fraction of sp³-hybridized carbons (Fsp3) is 0.429. The standard InChI is InChI=1S/C28H36O4/c29-24-17-22-15-13-11-9-7-5-3-1-2-4-6-8-10-12-14-16-23-19-26(30)28(27(31)20-23)32-25(18-22)21-24/h2-5,17-21,29-31H,1,6-16H2/b4-2-,5-3-. The lowest BCUT2D eigenvalue weighted by atomic mass is 10.0. The number of allylic oxidation sites excluding steroid dienone is 4. The lowest BCUT2D eigenvalue weighted by Gasteiger charge is -2.13. The third-order valence-electron chi connectivity index (χ3n) is 5.81. The molecule has 0 aliphatic carbocycles. The first-order chi connectivity index (χ1) is 15.6. The van der Waals surface area contributed by atoms with Crippen LogP contribution in [0.15, 0.2) is 54.6 Å². The number of hydrogen-bond donors (Lipinski definition) is 3. The summed E-state index contributed by atoms with van der Waals surface area (Å²) in [5, 5.41) is 31.0. The molecule has 0 unspecified atom stereocenters. The molecule has 4 heteroatoms. The Kier molecular flexibility index (Phi) is 9.55. The van der Waals surface area contributed by atoms with Gasteiger partial charge in [-0.05, 0) is 93.2 Å². The second-order valence-electron chi connectivity index (χ2n) is 8.63. The smallest absolute Gasteiger partial charge is 0.210 e. The first-order valence-electron chi connectivity index (χ1n) is 12.0. The summed E-state index contributed by atoms with van der Waals surface area (Å²) in [7, 11) is 0. The maximum Gasteiger partial charge on any atom is 0.210 e. The zero-order valence-corrected chi connectivity index (χ0v) is 18.9. The van der Waals surface area contributed by atoms with Gasteiger partial charge in [-0.3, -0.25) is 0 Å². The minimum absolute atomic E-state index is 0.0262. The third kappa shape index (κ3) is 7.99. The minimum atomic E-state index is -0.0856. The van der Waals surface area contributed by atoms with Crippen molar-refractivity contribution in [3.05, 3.63) is 65.8 Å². The highest BCUT2D eigenvalue weighted by Gasteiger charge is 2.14. The molecule has 2 heterocycles. The van der Waals surface area contributed by atoms with Crippen LogP contribution in [0.5, 0.6) is 28.7 Å². The number of ether oxygens (including phenoxy) is 1. The molecule has 0 aromatic heterocycles. The van der Waals surface area contributed by atoms with Crippen LogP contribution in [0, 0.1) is 0 Å². The monoisotopic (exact) mass is 436 g/mol. The van der Waals surface area contributed by atoms with E-state index in [0.717, 1.165) is 75.3 Å². The average molecular weight is 437 g/mol. The highest BCUT2D eigenvalue weighted by molar-refractivity contribution is 5.54. The van der Waals surface area contributed by atoms with Crippen LogP contribution in [0.2, 0.25) is 0 Å². The van der Waals surface area contributed by atoms with Crippen molar-refractivity contribution in [3.63, 3.8) is 0 Å². The molecule has 2 aliphatic rings. The molecule has 0 amide bonds. The predicted molar refractivity (Wildman–Crippen MR) is 130 cm³/mol. The van der Waals surface area contributed by atoms with E-state index < -0.39 is 0 Å². The topological polar surface area (TPSA) is 69.9 Å². The summed E-state index contributed by atoms with van der Waals surface area (Å²) in [6.07, 6.45) is 21.7. The SMILES string of the molecule is Oc1cc2cc(c1)Oc1c(O)cc(cc1O)CCCCCC/C=C\C/C=C\CCCCC2. The van der Waals surface area contributed by atoms with Crippen molar-refractivity contribution in [2.75, 3.05) is 0 Å². The lowest BCUT2D eigenvalue weighted by molar-refractivity contribution is 0.373. The van der Waals surface area contributed by atoms with Gasteiger partial charge in [0.25, 0.3) is 0 Å². The maximum atomic E-state index is 10.4. The number of phenols is 3. The van der Waals surface area contributed by atoms with E-state index in [4.69, 9.17) is 4.74 Å². The van der Waals surface area contributed by atoms with Gasteiger partial charge in [-0.15, -0.1) is 0 Å². The fourth-order valence-corrected chi connectivity index (χ4v) is 4.09. The Labute approximate surface area is 191 Å². The first kappa shape index (κ1) is 23.8.